The Bertz CT molecular complexity index is 3850. The molecule has 0 aliphatic carbocycles. The van der Waals surface area contributed by atoms with Crippen molar-refractivity contribution < 1.29 is 115 Å². The van der Waals surface area contributed by atoms with Gasteiger partial charge in [0.25, 0.3) is 0 Å². The molecular formula is C74H124N12O24P4. The summed E-state index contributed by atoms with van der Waals surface area (Å²) in [4.78, 5) is 218. The summed E-state index contributed by atoms with van der Waals surface area (Å²) in [5.74, 6) is -4.89. The number of likely N-dealkylation sites (N-methyl/N-ethyl adjacent to an activating group) is 3. The van der Waals surface area contributed by atoms with E-state index in [2.05, 4.69) is 58.5 Å². The lowest BCUT2D eigenvalue weighted by atomic mass is 10.00. The molecule has 8 atom stereocenters. The van der Waals surface area contributed by atoms with Crippen LogP contribution in [0.25, 0.3) is 0 Å². The van der Waals surface area contributed by atoms with Crippen molar-refractivity contribution in [2.45, 2.75) is 192 Å². The van der Waals surface area contributed by atoms with Crippen LogP contribution in [-0.2, 0) is 82.3 Å². The van der Waals surface area contributed by atoms with E-state index >= 15 is 0 Å². The molecule has 0 spiro atoms. The Morgan fingerprint density at radius 2 is 0.509 bits per heavy atom. The van der Waals surface area contributed by atoms with Crippen molar-refractivity contribution in [2.75, 3.05) is 27.7 Å². The highest BCUT2D eigenvalue weighted by Gasteiger charge is 2.38. The summed E-state index contributed by atoms with van der Waals surface area (Å²) >= 11 is 0. The fourth-order valence-corrected chi connectivity index (χ4v) is 11.2. The van der Waals surface area contributed by atoms with Crippen LogP contribution in [0.15, 0.2) is 121 Å². The quantitative estimate of drug-likeness (QED) is 0.0222. The Labute approximate surface area is 669 Å². The van der Waals surface area contributed by atoms with E-state index in [4.69, 9.17) is 39.1 Å². The van der Waals surface area contributed by atoms with Crippen LogP contribution in [-0.4, -0.2) is 185 Å². The number of amides is 12. The van der Waals surface area contributed by atoms with Gasteiger partial charge in [0, 0.05) is 47.0 Å². The zero-order valence-electron chi connectivity index (χ0n) is 63.6. The monoisotopic (exact) mass is 1690 g/mol. The van der Waals surface area contributed by atoms with Gasteiger partial charge in [0.1, 0.15) is 48.3 Å². The average Bonchev–Trinajstić information content (AvgIpc) is 0.869. The molecule has 0 saturated heterocycles. The lowest BCUT2D eigenvalue weighted by Gasteiger charge is -2.25. The number of benzene rings is 4. The third-order valence-electron chi connectivity index (χ3n) is 15.5. The number of rotatable bonds is 37. The third-order valence-corrected chi connectivity index (χ3v) is 18.2. The first kappa shape index (κ1) is 111. The van der Waals surface area contributed by atoms with Crippen LogP contribution in [0, 0.1) is 29.6 Å². The summed E-state index contributed by atoms with van der Waals surface area (Å²) in [5.41, 5.74) is -2.72. The van der Waals surface area contributed by atoms with E-state index in [1.807, 2.05) is 98.0 Å². The highest BCUT2D eigenvalue weighted by Crippen LogP contribution is 2.38. The maximum absolute atomic E-state index is 13.0. The molecule has 8 unspecified atom stereocenters. The van der Waals surface area contributed by atoms with E-state index in [1.54, 1.807) is 97.9 Å². The number of carbonyl (C=O) groups excluding carboxylic acids is 12. The molecule has 0 saturated carbocycles. The zero-order chi connectivity index (χ0) is 84.0. The summed E-state index contributed by atoms with van der Waals surface area (Å²) in [6, 6.07) is 28.3. The van der Waals surface area contributed by atoms with E-state index in [0.29, 0.717) is 18.5 Å². The molecule has 0 fully saturated rings. The maximum Gasteiger partial charge on any atom is 0.413 e. The first-order valence-electron chi connectivity index (χ1n) is 34.8. The summed E-state index contributed by atoms with van der Waals surface area (Å²) in [6.07, 6.45) is 1.55. The van der Waals surface area contributed by atoms with Gasteiger partial charge < -0.3 is 103 Å². The van der Waals surface area contributed by atoms with Gasteiger partial charge in [-0.3, -0.25) is 57.5 Å². The molecule has 20 N–H and O–H groups in total. The number of carbonyl (C=O) groups is 12. The summed E-state index contributed by atoms with van der Waals surface area (Å²) in [7, 11) is -15.8. The predicted octanol–water partition coefficient (Wildman–Crippen LogP) is 6.23. The molecule has 0 aromatic heterocycles. The summed E-state index contributed by atoms with van der Waals surface area (Å²) < 4.78 is 44.4. The second-order valence-corrected chi connectivity index (χ2v) is 33.1. The van der Waals surface area contributed by atoms with Crippen molar-refractivity contribution in [3.8, 4) is 0 Å². The average molecular weight is 1690 g/mol. The molecule has 40 heteroatoms. The highest BCUT2D eigenvalue weighted by molar-refractivity contribution is 7.70. The van der Waals surface area contributed by atoms with Gasteiger partial charge in [-0.1, -0.05) is 220 Å². The first-order valence-corrected chi connectivity index (χ1v) is 41.3. The Morgan fingerprint density at radius 1 is 0.289 bits per heavy atom. The third kappa shape index (κ3) is 44.7. The normalized spacial score (nSPS) is 13.1. The van der Waals surface area contributed by atoms with E-state index in [1.165, 1.54) is 21.1 Å². The molecule has 0 bridgehead atoms. The Morgan fingerprint density at radius 3 is 0.746 bits per heavy atom. The minimum Gasteiger partial charge on any atom is -0.357 e. The largest absolute Gasteiger partial charge is 0.413 e. The Hall–Kier alpha value is -8.88. The van der Waals surface area contributed by atoms with Crippen LogP contribution in [0.1, 0.15) is 140 Å². The van der Waals surface area contributed by atoms with Gasteiger partial charge >= 0.3 is 53.0 Å². The van der Waals surface area contributed by atoms with Gasteiger partial charge in [0.05, 0.1) is 0 Å². The SMILES string of the molecule is C.C.C.C.CC(C)CC(NC(=O)P(=O)(O)O)C(=O)NC(Cc1ccccc1)C(=O)NCCc1ccccc1.CNC(=O)C(Cc1ccccc1)NC(=O)C(CC(C)C)NC(=O)P(=O)(O)O.CNC(=O)C(NC(=O)C(CC(C)C)NC(=O)P(=O)(O)O)C(C)C.CNC(=O)C(NC(=O)C(Cc1ccccc1)NC(=O)P(=O)(O)O)C(C)C. The topological polar surface area (TPSA) is 579 Å². The molecule has 0 radical (unpaired) electrons. The Balaban J connectivity index is -0.000000707. The molecule has 4 aromatic carbocycles. The number of hydrogen-bond donors (Lipinski definition) is 20. The summed E-state index contributed by atoms with van der Waals surface area (Å²) in [6.45, 7) is 18.1. The van der Waals surface area contributed by atoms with E-state index in [-0.39, 0.29) is 97.8 Å². The summed E-state index contributed by atoms with van der Waals surface area (Å²) in [5, 5.41) is 28.7. The molecule has 0 heterocycles. The van der Waals surface area contributed by atoms with Gasteiger partial charge in [0.15, 0.2) is 0 Å². The molecule has 114 heavy (non-hydrogen) atoms. The fourth-order valence-electron chi connectivity index (χ4n) is 9.92. The maximum atomic E-state index is 13.0. The second kappa shape index (κ2) is 54.8. The van der Waals surface area contributed by atoms with Crippen molar-refractivity contribution in [1.29, 1.82) is 0 Å². The van der Waals surface area contributed by atoms with Crippen molar-refractivity contribution in [3.63, 3.8) is 0 Å². The molecule has 644 valence electrons. The van der Waals surface area contributed by atoms with Crippen LogP contribution in [0.2, 0.25) is 0 Å². The second-order valence-electron chi connectivity index (χ2n) is 27.1. The zero-order valence-corrected chi connectivity index (χ0v) is 67.2. The highest BCUT2D eigenvalue weighted by atomic mass is 31.2. The van der Waals surface area contributed by atoms with Crippen LogP contribution >= 0.6 is 30.4 Å². The Kier molecular flexibility index (Phi) is 53.6. The molecule has 12 amide bonds. The van der Waals surface area contributed by atoms with Crippen molar-refractivity contribution in [3.05, 3.63) is 144 Å². The fraction of sp³-hybridized carbons (Fsp3) is 0.514. The standard InChI is InChI=1S/C24H32N3O6P.C17H26N3O6P.C16H24N3O6P.C13H26N3O6P.4CH4/c1-17(2)15-20(27-24(30)34(31,32)33)23(29)26-21(16-19-11-7-4-8-12-19)22(28)25-14-13-18-9-5-3-6-10-18;1-11(2)9-13(20-17(23)27(24,25)26)16(22)19-14(15(21)18-3)10-12-7-5-4-6-8-12;1-10(2)13(15(21)17-3)19-14(20)12(18-16(22)26(23,24)25)9-11-7-5-4-6-8-11;1-7(2)6-9(15-13(19)23(20,21)22)11(17)16-10(8(3)4)12(18)14-5;;;;/h3-12,17,20-21H,13-16H2,1-2H3,(H,25,28)(H,26,29)(H,27,30)(H2,31,32,33);4-8,11,13-14H,9-10H2,1-3H3,(H,18,21)(H,19,22)(H,20,23)(H2,24,25,26);4-8,10,12-13H,9H2,1-3H3,(H,17,21)(H,18,22)(H,19,20)(H2,23,24,25);7-10H,6H2,1-5H3,(H,14,18)(H,15,19)(H,16,17)(H2,20,21,22);4*1H4. The lowest BCUT2D eigenvalue weighted by molar-refractivity contribution is -0.130. The number of nitrogens with one attached hydrogen (secondary N) is 12. The van der Waals surface area contributed by atoms with E-state index in [9.17, 15) is 75.8 Å². The van der Waals surface area contributed by atoms with Crippen LogP contribution < -0.4 is 63.8 Å². The van der Waals surface area contributed by atoms with Gasteiger partial charge in [-0.15, -0.1) is 0 Å². The van der Waals surface area contributed by atoms with Crippen molar-refractivity contribution in [2.24, 2.45) is 29.6 Å². The minimum absolute atomic E-state index is 0. The van der Waals surface area contributed by atoms with Gasteiger partial charge in [-0.05, 0) is 77.5 Å². The minimum atomic E-state index is -5.06. The van der Waals surface area contributed by atoms with E-state index in [0.717, 1.165) is 16.7 Å². The number of hydrogen-bond acceptors (Lipinski definition) is 16. The van der Waals surface area contributed by atoms with Crippen molar-refractivity contribution in [1.82, 2.24) is 63.8 Å². The molecule has 4 aromatic rings. The van der Waals surface area contributed by atoms with Gasteiger partial charge in [-0.25, -0.2) is 18.3 Å². The molecule has 0 aliphatic heterocycles. The molecule has 4 rings (SSSR count). The smallest absolute Gasteiger partial charge is 0.357 e. The van der Waals surface area contributed by atoms with Crippen LogP contribution in [0.4, 0.5) is 19.2 Å². The lowest BCUT2D eigenvalue weighted by Crippen LogP contribution is -2.55. The van der Waals surface area contributed by atoms with Crippen molar-refractivity contribution >= 4 is 100 Å². The van der Waals surface area contributed by atoms with Crippen LogP contribution in [0.3, 0.4) is 0 Å². The molecule has 0 aliphatic rings. The van der Waals surface area contributed by atoms with Gasteiger partial charge in [-0.2, -0.15) is 0 Å². The molecular weight excluding hydrogens is 1560 g/mol. The van der Waals surface area contributed by atoms with Crippen LogP contribution in [0.5, 0.6) is 0 Å². The molecule has 36 nitrogen and oxygen atoms in total. The van der Waals surface area contributed by atoms with E-state index < -0.39 is 149 Å². The first-order chi connectivity index (χ1) is 51.0. The predicted molar refractivity (Wildman–Crippen MR) is 436 cm³/mol. The van der Waals surface area contributed by atoms with Gasteiger partial charge in [0.2, 0.25) is 47.3 Å².